The van der Waals surface area contributed by atoms with Gasteiger partial charge in [0.05, 0.1) is 6.61 Å². The highest BCUT2D eigenvalue weighted by Gasteiger charge is 2.53. The number of benzene rings is 4. The van der Waals surface area contributed by atoms with Crippen molar-refractivity contribution in [2.45, 2.75) is 63.4 Å². The van der Waals surface area contributed by atoms with E-state index < -0.39 is 17.4 Å². The first-order valence-corrected chi connectivity index (χ1v) is 17.5. The summed E-state index contributed by atoms with van der Waals surface area (Å²) in [5, 5.41) is 18.4. The molecule has 2 aliphatic carbocycles. The summed E-state index contributed by atoms with van der Waals surface area (Å²) in [7, 11) is 0. The molecule has 3 amide bonds. The van der Waals surface area contributed by atoms with Gasteiger partial charge in [0, 0.05) is 11.6 Å². The number of carbonyl (C=O) groups is 3. The van der Waals surface area contributed by atoms with E-state index in [1.165, 1.54) is 12.8 Å². The second kappa shape index (κ2) is 14.4. The molecule has 0 unspecified atom stereocenters. The Morgan fingerprint density at radius 1 is 0.860 bits per heavy atom. The summed E-state index contributed by atoms with van der Waals surface area (Å²) in [4.78, 5) is 39.0. The van der Waals surface area contributed by atoms with Gasteiger partial charge in [-0.2, -0.15) is 0 Å². The zero-order valence-corrected chi connectivity index (χ0v) is 28.3. The number of aromatic hydroxyl groups is 1. The van der Waals surface area contributed by atoms with Crippen molar-refractivity contribution < 1.29 is 29.0 Å². The molecule has 1 saturated carbocycles. The fourth-order valence-corrected chi connectivity index (χ4v) is 8.26. The predicted octanol–water partition coefficient (Wildman–Crippen LogP) is 7.04. The number of alkyl carbamates (subject to hydrolysis) is 1. The number of fused-ring (bicyclic) bond motifs is 4. The highest BCUT2D eigenvalue weighted by atomic mass is 16.5. The van der Waals surface area contributed by atoms with Crippen LogP contribution in [0.4, 0.5) is 10.5 Å². The Bertz CT molecular complexity index is 1850. The van der Waals surface area contributed by atoms with Gasteiger partial charge in [0.2, 0.25) is 11.8 Å². The van der Waals surface area contributed by atoms with Crippen molar-refractivity contribution in [1.82, 2.24) is 10.6 Å². The van der Waals surface area contributed by atoms with E-state index in [1.807, 2.05) is 55.5 Å². The summed E-state index contributed by atoms with van der Waals surface area (Å²) >= 11 is 0. The number of ether oxygens (including phenoxy) is 2. The summed E-state index contributed by atoms with van der Waals surface area (Å²) < 4.78 is 11.3. The van der Waals surface area contributed by atoms with Crippen LogP contribution in [0.3, 0.4) is 0 Å². The first kappa shape index (κ1) is 33.4. The van der Waals surface area contributed by atoms with Crippen LogP contribution in [0.1, 0.15) is 77.8 Å². The first-order chi connectivity index (χ1) is 24.4. The van der Waals surface area contributed by atoms with Crippen LogP contribution >= 0.6 is 0 Å². The average Bonchev–Trinajstić information content (AvgIpc) is 3.45. The lowest BCUT2D eigenvalue weighted by molar-refractivity contribution is -0.122. The second-order valence-corrected chi connectivity index (χ2v) is 13.5. The lowest BCUT2D eigenvalue weighted by Gasteiger charge is -2.36. The number of phenols is 1. The van der Waals surface area contributed by atoms with Gasteiger partial charge in [0.1, 0.15) is 31.0 Å². The maximum Gasteiger partial charge on any atom is 0.407 e. The smallest absolute Gasteiger partial charge is 0.407 e. The van der Waals surface area contributed by atoms with E-state index in [9.17, 15) is 19.5 Å². The summed E-state index contributed by atoms with van der Waals surface area (Å²) in [6.07, 6.45) is 5.80. The molecule has 0 radical (unpaired) electrons. The van der Waals surface area contributed by atoms with Crippen molar-refractivity contribution in [2.24, 2.45) is 5.92 Å². The Morgan fingerprint density at radius 3 is 2.20 bits per heavy atom. The molecule has 0 saturated heterocycles. The molecule has 1 aliphatic heterocycles. The Balaban J connectivity index is 0.930. The molecule has 4 aromatic carbocycles. The van der Waals surface area contributed by atoms with Crippen LogP contribution in [0.25, 0.3) is 11.1 Å². The summed E-state index contributed by atoms with van der Waals surface area (Å²) in [6.45, 7) is 2.08. The van der Waals surface area contributed by atoms with Gasteiger partial charge in [-0.05, 0) is 82.3 Å². The van der Waals surface area contributed by atoms with Gasteiger partial charge in [-0.1, -0.05) is 98.5 Å². The van der Waals surface area contributed by atoms with Crippen molar-refractivity contribution in [1.29, 1.82) is 0 Å². The molecule has 9 nitrogen and oxygen atoms in total. The molecule has 1 fully saturated rings. The quantitative estimate of drug-likeness (QED) is 0.0813. The zero-order valence-electron chi connectivity index (χ0n) is 28.3. The van der Waals surface area contributed by atoms with Crippen LogP contribution < -0.4 is 16.0 Å². The number of hydrogen-bond acceptors (Lipinski definition) is 6. The fourth-order valence-electron chi connectivity index (χ4n) is 8.26. The number of carbonyl (C=O) groups excluding carboxylic acids is 3. The Kier molecular flexibility index (Phi) is 9.59. The van der Waals surface area contributed by atoms with Crippen LogP contribution in [0.2, 0.25) is 0 Å². The van der Waals surface area contributed by atoms with Gasteiger partial charge < -0.3 is 30.5 Å². The third-order valence-corrected chi connectivity index (χ3v) is 10.8. The first-order valence-electron chi connectivity index (χ1n) is 17.5. The van der Waals surface area contributed by atoms with Gasteiger partial charge in [0.25, 0.3) is 0 Å². The van der Waals surface area contributed by atoms with E-state index in [4.69, 9.17) is 9.47 Å². The van der Waals surface area contributed by atoms with E-state index in [-0.39, 0.29) is 50.0 Å². The number of nitrogens with one attached hydrogen (secondary N) is 3. The number of hydrogen-bond donors (Lipinski definition) is 4. The molecule has 0 spiro atoms. The van der Waals surface area contributed by atoms with Gasteiger partial charge >= 0.3 is 6.09 Å². The predicted molar refractivity (Wildman–Crippen MR) is 191 cm³/mol. The van der Waals surface area contributed by atoms with E-state index in [0.29, 0.717) is 0 Å². The average molecular weight is 674 g/mol. The number of amides is 3. The normalized spacial score (nSPS) is 18.4. The number of anilines is 1. The molecule has 0 bridgehead atoms. The molecule has 4 N–H and O–H groups in total. The van der Waals surface area contributed by atoms with Crippen LogP contribution in [0.15, 0.2) is 84.9 Å². The molecule has 1 heterocycles. The monoisotopic (exact) mass is 673 g/mol. The summed E-state index contributed by atoms with van der Waals surface area (Å²) in [5.74, 6) is -0.171. The fraction of sp³-hybridized carbons (Fsp3) is 0.341. The third-order valence-electron chi connectivity index (χ3n) is 10.8. The molecule has 3 aliphatic rings. The van der Waals surface area contributed by atoms with Crippen molar-refractivity contribution >= 4 is 23.6 Å². The van der Waals surface area contributed by atoms with Crippen molar-refractivity contribution in [3.8, 4) is 16.9 Å². The van der Waals surface area contributed by atoms with Gasteiger partial charge in [-0.15, -0.1) is 0 Å². The van der Waals surface area contributed by atoms with E-state index in [0.717, 1.165) is 75.9 Å². The Morgan fingerprint density at radius 2 is 1.52 bits per heavy atom. The Hall–Kier alpha value is -5.15. The van der Waals surface area contributed by atoms with Crippen molar-refractivity contribution in [2.75, 3.05) is 25.2 Å². The van der Waals surface area contributed by atoms with Gasteiger partial charge in [0.15, 0.2) is 0 Å². The van der Waals surface area contributed by atoms with Crippen LogP contribution in [0, 0.1) is 12.8 Å². The largest absolute Gasteiger partial charge is 0.508 e. The van der Waals surface area contributed by atoms with Crippen LogP contribution in [-0.4, -0.2) is 42.9 Å². The lowest BCUT2D eigenvalue weighted by Crippen LogP contribution is -2.43. The highest BCUT2D eigenvalue weighted by molar-refractivity contribution is 6.10. The second-order valence-electron chi connectivity index (χ2n) is 13.5. The number of rotatable bonds is 10. The van der Waals surface area contributed by atoms with Crippen molar-refractivity contribution in [3.05, 3.63) is 118 Å². The Labute approximate surface area is 292 Å². The lowest BCUT2D eigenvalue weighted by atomic mass is 9.63. The van der Waals surface area contributed by atoms with E-state index in [1.54, 1.807) is 12.1 Å². The molecule has 9 heteroatoms. The van der Waals surface area contributed by atoms with Crippen LogP contribution in [0.5, 0.6) is 5.75 Å². The van der Waals surface area contributed by atoms with Crippen LogP contribution in [-0.2, 0) is 31.1 Å². The van der Waals surface area contributed by atoms with Crippen molar-refractivity contribution in [3.63, 3.8) is 0 Å². The molecular weight excluding hydrogens is 630 g/mol. The molecule has 4 aromatic rings. The van der Waals surface area contributed by atoms with E-state index in [2.05, 4.69) is 40.2 Å². The maximum atomic E-state index is 14.1. The summed E-state index contributed by atoms with van der Waals surface area (Å²) in [5.41, 5.74) is 8.20. The standard InChI is InChI=1S/C41H43N3O6/c1-26-27(16-21-36-38(26)44-39(47)41(36,28-10-4-2-3-5-11-28)29-17-19-30(45)20-18-29)23-49-25-43-37(46)22-42-40(48)50-24-35-33-14-8-6-12-31(33)32-13-7-9-15-34(32)35/h6-9,12-21,28,35,45H,2-5,10-11,22-25H2,1H3,(H,42,48)(H,43,46)(H,44,47)/t41-/m0/s1. The number of phenolic OH excluding ortho intramolecular Hbond substituents is 1. The molecule has 0 aromatic heterocycles. The molecule has 7 rings (SSSR count). The van der Waals surface area contributed by atoms with Gasteiger partial charge in [-0.3, -0.25) is 9.59 Å². The summed E-state index contributed by atoms with van der Waals surface area (Å²) in [6, 6.07) is 27.4. The minimum atomic E-state index is -0.828. The SMILES string of the molecule is Cc1c(COCNC(=O)CNC(=O)OCC2c3ccccc3-c3ccccc32)ccc2c1NC(=O)[C@]2(c1ccc(O)cc1)C1CCCCCC1. The van der Waals surface area contributed by atoms with E-state index >= 15 is 0 Å². The minimum absolute atomic E-state index is 0.0255. The topological polar surface area (TPSA) is 126 Å². The third kappa shape index (κ3) is 6.22. The highest BCUT2D eigenvalue weighted by Crippen LogP contribution is 2.53. The minimum Gasteiger partial charge on any atom is -0.508 e. The zero-order chi connectivity index (χ0) is 34.7. The molecular formula is C41H43N3O6. The van der Waals surface area contributed by atoms with Gasteiger partial charge in [-0.25, -0.2) is 4.79 Å². The molecule has 258 valence electrons. The molecule has 50 heavy (non-hydrogen) atoms. The molecule has 1 atom stereocenters. The maximum absolute atomic E-state index is 14.1.